The second kappa shape index (κ2) is 6.15. The van der Waals surface area contributed by atoms with Crippen molar-refractivity contribution in [2.24, 2.45) is 13.0 Å². The summed E-state index contributed by atoms with van der Waals surface area (Å²) in [6, 6.07) is 0.671. The van der Waals surface area contributed by atoms with Crippen LogP contribution in [-0.2, 0) is 13.5 Å². The molecule has 0 aliphatic heterocycles. The van der Waals surface area contributed by atoms with Crippen molar-refractivity contribution < 1.29 is 0 Å². The van der Waals surface area contributed by atoms with Gasteiger partial charge in [0.2, 0.25) is 0 Å². The minimum absolute atomic E-state index is 0.671. The molecule has 1 aromatic heterocycles. The molecule has 0 radical (unpaired) electrons. The second-order valence-corrected chi connectivity index (χ2v) is 5.15. The molecule has 1 fully saturated rings. The number of rotatable bonds is 4. The number of aromatic nitrogens is 3. The number of nitrogens with zero attached hydrogens (tertiary/aromatic N) is 3. The molecule has 0 amide bonds. The molecule has 4 nitrogen and oxygen atoms in total. The van der Waals surface area contributed by atoms with Gasteiger partial charge < -0.3 is 5.32 Å². The summed E-state index contributed by atoms with van der Waals surface area (Å²) >= 11 is 0. The van der Waals surface area contributed by atoms with Crippen LogP contribution in [0.25, 0.3) is 0 Å². The predicted octanol–water partition coefficient (Wildman–Crippen LogP) is 1.92. The highest BCUT2D eigenvalue weighted by Crippen LogP contribution is 2.26. The summed E-state index contributed by atoms with van der Waals surface area (Å²) in [7, 11) is 1.94. The number of hydrogen-bond acceptors (Lipinski definition) is 3. The molecule has 2 atom stereocenters. The van der Waals surface area contributed by atoms with Crippen LogP contribution in [0.5, 0.6) is 0 Å². The molecule has 1 aliphatic rings. The minimum Gasteiger partial charge on any atom is -0.314 e. The molecule has 0 aromatic carbocycles. The lowest BCUT2D eigenvalue weighted by Gasteiger charge is -2.25. The topological polar surface area (TPSA) is 42.7 Å². The van der Waals surface area contributed by atoms with Crippen LogP contribution in [0.15, 0.2) is 6.20 Å². The molecular formula is C13H24N4. The maximum atomic E-state index is 4.22. The minimum atomic E-state index is 0.671. The first-order chi connectivity index (χ1) is 8.29. The zero-order valence-corrected chi connectivity index (χ0v) is 11.0. The number of aryl methyl sites for hydroxylation is 1. The molecule has 2 rings (SSSR count). The summed E-state index contributed by atoms with van der Waals surface area (Å²) in [5.41, 5.74) is 1.14. The van der Waals surface area contributed by atoms with Gasteiger partial charge in [-0.15, -0.1) is 5.10 Å². The average molecular weight is 236 g/mol. The van der Waals surface area contributed by atoms with Gasteiger partial charge in [-0.05, 0) is 31.7 Å². The van der Waals surface area contributed by atoms with Gasteiger partial charge in [-0.3, -0.25) is 4.68 Å². The van der Waals surface area contributed by atoms with Gasteiger partial charge in [0.1, 0.15) is 0 Å². The molecule has 0 saturated heterocycles. The summed E-state index contributed by atoms with van der Waals surface area (Å²) in [6.45, 7) is 3.27. The van der Waals surface area contributed by atoms with Crippen LogP contribution < -0.4 is 5.32 Å². The summed E-state index contributed by atoms with van der Waals surface area (Å²) in [5.74, 6) is 0.731. The Morgan fingerprint density at radius 2 is 2.18 bits per heavy atom. The fourth-order valence-corrected chi connectivity index (χ4v) is 2.92. The van der Waals surface area contributed by atoms with E-state index in [0.717, 1.165) is 24.6 Å². The first-order valence-corrected chi connectivity index (χ1v) is 6.88. The molecule has 2 unspecified atom stereocenters. The number of hydrogen-bond donors (Lipinski definition) is 1. The van der Waals surface area contributed by atoms with E-state index >= 15 is 0 Å². The third-order valence-corrected chi connectivity index (χ3v) is 3.75. The Kier molecular flexibility index (Phi) is 4.54. The van der Waals surface area contributed by atoms with Crippen molar-refractivity contribution in [3.8, 4) is 0 Å². The monoisotopic (exact) mass is 236 g/mol. The van der Waals surface area contributed by atoms with Gasteiger partial charge >= 0.3 is 0 Å². The van der Waals surface area contributed by atoms with Crippen LogP contribution in [0, 0.1) is 5.92 Å². The Morgan fingerprint density at radius 1 is 1.35 bits per heavy atom. The normalized spacial score (nSPS) is 25.8. The van der Waals surface area contributed by atoms with Gasteiger partial charge in [-0.1, -0.05) is 31.4 Å². The molecule has 1 heterocycles. The highest BCUT2D eigenvalue weighted by Gasteiger charge is 2.23. The Hall–Kier alpha value is -0.900. The first kappa shape index (κ1) is 12.6. The average Bonchev–Trinajstić information content (AvgIpc) is 2.58. The Bertz CT molecular complexity index is 334. The van der Waals surface area contributed by atoms with E-state index in [1.165, 1.54) is 32.1 Å². The molecule has 1 aliphatic carbocycles. The van der Waals surface area contributed by atoms with Crippen LogP contribution in [0.1, 0.15) is 44.7 Å². The van der Waals surface area contributed by atoms with Crippen LogP contribution >= 0.6 is 0 Å². The molecule has 1 N–H and O–H groups in total. The lowest BCUT2D eigenvalue weighted by atomic mass is 9.90. The zero-order chi connectivity index (χ0) is 12.1. The zero-order valence-electron chi connectivity index (χ0n) is 11.0. The van der Waals surface area contributed by atoms with Gasteiger partial charge in [0.25, 0.3) is 0 Å². The van der Waals surface area contributed by atoms with Gasteiger partial charge in [0.05, 0.1) is 5.69 Å². The van der Waals surface area contributed by atoms with E-state index in [2.05, 4.69) is 22.6 Å². The first-order valence-electron chi connectivity index (χ1n) is 6.88. The van der Waals surface area contributed by atoms with E-state index in [0.29, 0.717) is 6.04 Å². The molecule has 96 valence electrons. The largest absolute Gasteiger partial charge is 0.314 e. The van der Waals surface area contributed by atoms with Crippen LogP contribution in [0.3, 0.4) is 0 Å². The third-order valence-electron chi connectivity index (χ3n) is 3.75. The van der Waals surface area contributed by atoms with Crippen LogP contribution in [0.2, 0.25) is 0 Å². The molecule has 1 saturated carbocycles. The summed E-state index contributed by atoms with van der Waals surface area (Å²) < 4.78 is 1.80. The highest BCUT2D eigenvalue weighted by molar-refractivity contribution is 4.96. The number of nitrogens with one attached hydrogen (secondary N) is 1. The molecule has 0 bridgehead atoms. The van der Waals surface area contributed by atoms with Crippen LogP contribution in [-0.4, -0.2) is 27.6 Å². The summed E-state index contributed by atoms with van der Waals surface area (Å²) in [5, 5.41) is 11.9. The van der Waals surface area contributed by atoms with E-state index < -0.39 is 0 Å². The Morgan fingerprint density at radius 3 is 2.88 bits per heavy atom. The highest BCUT2D eigenvalue weighted by atomic mass is 15.4. The summed E-state index contributed by atoms with van der Waals surface area (Å²) in [6.07, 6.45) is 9.90. The van der Waals surface area contributed by atoms with E-state index in [1.54, 1.807) is 4.68 Å². The van der Waals surface area contributed by atoms with E-state index in [9.17, 15) is 0 Å². The van der Waals surface area contributed by atoms with Crippen molar-refractivity contribution in [3.63, 3.8) is 0 Å². The lowest BCUT2D eigenvalue weighted by Crippen LogP contribution is -2.36. The molecule has 0 spiro atoms. The molecule has 1 aromatic rings. The van der Waals surface area contributed by atoms with Crippen molar-refractivity contribution in [1.29, 1.82) is 0 Å². The van der Waals surface area contributed by atoms with Gasteiger partial charge in [0, 0.05) is 19.3 Å². The van der Waals surface area contributed by atoms with Crippen molar-refractivity contribution in [2.45, 2.75) is 51.5 Å². The lowest BCUT2D eigenvalue weighted by molar-refractivity contribution is 0.335. The molecule has 17 heavy (non-hydrogen) atoms. The molecular weight excluding hydrogens is 212 g/mol. The Labute approximate surface area is 104 Å². The van der Waals surface area contributed by atoms with Crippen molar-refractivity contribution >= 4 is 0 Å². The standard InChI is InChI=1S/C13H24N4/c1-3-14-13-8-6-4-5-7-11(13)9-12-10-17(2)16-15-12/h10-11,13-14H,3-9H2,1-2H3. The van der Waals surface area contributed by atoms with Crippen molar-refractivity contribution in [1.82, 2.24) is 20.3 Å². The van der Waals surface area contributed by atoms with Gasteiger partial charge in [-0.2, -0.15) is 0 Å². The van der Waals surface area contributed by atoms with E-state index in [4.69, 9.17) is 0 Å². The third kappa shape index (κ3) is 3.53. The second-order valence-electron chi connectivity index (χ2n) is 5.15. The maximum absolute atomic E-state index is 4.22. The quantitative estimate of drug-likeness (QED) is 0.812. The molecule has 4 heteroatoms. The fourth-order valence-electron chi connectivity index (χ4n) is 2.92. The SMILES string of the molecule is CCNC1CCCCCC1Cc1cn(C)nn1. The Balaban J connectivity index is 1.99. The van der Waals surface area contributed by atoms with Gasteiger partial charge in [0.15, 0.2) is 0 Å². The van der Waals surface area contributed by atoms with Crippen LogP contribution in [0.4, 0.5) is 0 Å². The fraction of sp³-hybridized carbons (Fsp3) is 0.846. The van der Waals surface area contributed by atoms with Crippen molar-refractivity contribution in [3.05, 3.63) is 11.9 Å². The predicted molar refractivity (Wildman–Crippen MR) is 68.7 cm³/mol. The van der Waals surface area contributed by atoms with E-state index in [-0.39, 0.29) is 0 Å². The maximum Gasteiger partial charge on any atom is 0.0830 e. The smallest absolute Gasteiger partial charge is 0.0830 e. The van der Waals surface area contributed by atoms with Crippen molar-refractivity contribution in [2.75, 3.05) is 6.54 Å². The van der Waals surface area contributed by atoms with Gasteiger partial charge in [-0.25, -0.2) is 0 Å². The summed E-state index contributed by atoms with van der Waals surface area (Å²) in [4.78, 5) is 0. The van der Waals surface area contributed by atoms with E-state index in [1.807, 2.05) is 13.2 Å².